The van der Waals surface area contributed by atoms with Gasteiger partial charge in [-0.3, -0.25) is 0 Å². The minimum atomic E-state index is -5.55. The van der Waals surface area contributed by atoms with Crippen LogP contribution in [0, 0.1) is 13.8 Å². The van der Waals surface area contributed by atoms with E-state index >= 15 is 0 Å². The zero-order valence-corrected chi connectivity index (χ0v) is 8.12. The molecule has 0 bridgehead atoms. The Bertz CT molecular complexity index is 344. The lowest BCUT2D eigenvalue weighted by Gasteiger charge is -2.20. The molecule has 0 aromatic heterocycles. The Balaban J connectivity index is 3.27. The first-order chi connectivity index (χ1) is 6.64. The van der Waals surface area contributed by atoms with Gasteiger partial charge in [-0.25, -0.2) is 0 Å². The molecular formula is C10H9F5. The number of benzene rings is 1. The van der Waals surface area contributed by atoms with Crippen LogP contribution < -0.4 is 0 Å². The van der Waals surface area contributed by atoms with E-state index in [1.54, 1.807) is 0 Å². The summed E-state index contributed by atoms with van der Waals surface area (Å²) in [4.78, 5) is 0. The zero-order chi connectivity index (χ0) is 11.9. The fraction of sp³-hybridized carbons (Fsp3) is 0.400. The quantitative estimate of drug-likeness (QED) is 0.633. The van der Waals surface area contributed by atoms with Crippen molar-refractivity contribution in [3.8, 4) is 0 Å². The molecule has 0 aliphatic heterocycles. The second-order valence-electron chi connectivity index (χ2n) is 3.45. The molecule has 0 atom stereocenters. The summed E-state index contributed by atoms with van der Waals surface area (Å²) in [5.74, 6) is -4.79. The van der Waals surface area contributed by atoms with Crippen LogP contribution in [0.15, 0.2) is 18.2 Å². The van der Waals surface area contributed by atoms with E-state index in [9.17, 15) is 22.0 Å². The third-order valence-corrected chi connectivity index (χ3v) is 1.94. The van der Waals surface area contributed by atoms with E-state index in [0.29, 0.717) is 11.1 Å². The van der Waals surface area contributed by atoms with Crippen molar-refractivity contribution in [2.45, 2.75) is 25.9 Å². The van der Waals surface area contributed by atoms with Gasteiger partial charge in [0.25, 0.3) is 0 Å². The van der Waals surface area contributed by atoms with E-state index in [4.69, 9.17) is 0 Å². The summed E-state index contributed by atoms with van der Waals surface area (Å²) >= 11 is 0. The molecule has 84 valence electrons. The predicted octanol–water partition coefficient (Wildman–Crippen LogP) is 3.96. The van der Waals surface area contributed by atoms with Gasteiger partial charge in [0, 0.05) is 5.56 Å². The molecule has 0 aliphatic rings. The first kappa shape index (κ1) is 11.9. The number of halogens is 5. The summed E-state index contributed by atoms with van der Waals surface area (Å²) < 4.78 is 61.9. The summed E-state index contributed by atoms with van der Waals surface area (Å²) in [6.45, 7) is 2.95. The van der Waals surface area contributed by atoms with E-state index in [2.05, 4.69) is 0 Å². The third-order valence-electron chi connectivity index (χ3n) is 1.94. The molecule has 0 spiro atoms. The molecular weight excluding hydrogens is 215 g/mol. The maximum absolute atomic E-state index is 12.9. The normalized spacial score (nSPS) is 13.0. The van der Waals surface area contributed by atoms with Crippen LogP contribution in [0.3, 0.4) is 0 Å². The standard InChI is InChI=1S/C10H9F5/c1-6-3-7(2)5-8(4-6)9(11,12)10(13,14)15/h3-5H,1-2H3. The van der Waals surface area contributed by atoms with Crippen LogP contribution in [-0.2, 0) is 5.92 Å². The van der Waals surface area contributed by atoms with Gasteiger partial charge in [-0.15, -0.1) is 0 Å². The Kier molecular flexibility index (Phi) is 2.76. The van der Waals surface area contributed by atoms with Crippen LogP contribution in [-0.4, -0.2) is 6.18 Å². The third kappa shape index (κ3) is 2.27. The summed E-state index contributed by atoms with van der Waals surface area (Å²) in [6, 6.07) is 3.23. The average Bonchev–Trinajstić information content (AvgIpc) is 1.99. The number of alkyl halides is 5. The maximum Gasteiger partial charge on any atom is 0.458 e. The van der Waals surface area contributed by atoms with Crippen LogP contribution in [0.2, 0.25) is 0 Å². The van der Waals surface area contributed by atoms with Crippen LogP contribution in [0.25, 0.3) is 0 Å². The molecule has 0 unspecified atom stereocenters. The smallest absolute Gasteiger partial charge is 0.191 e. The van der Waals surface area contributed by atoms with E-state index in [1.807, 2.05) is 0 Å². The Labute approximate surface area is 83.7 Å². The van der Waals surface area contributed by atoms with Gasteiger partial charge in [0.1, 0.15) is 0 Å². The molecule has 0 amide bonds. The van der Waals surface area contributed by atoms with Crippen LogP contribution in [0.5, 0.6) is 0 Å². The Morgan fingerprint density at radius 3 is 1.53 bits per heavy atom. The highest BCUT2D eigenvalue weighted by molar-refractivity contribution is 5.32. The van der Waals surface area contributed by atoms with Crippen LogP contribution in [0.4, 0.5) is 22.0 Å². The van der Waals surface area contributed by atoms with Gasteiger partial charge in [0.15, 0.2) is 0 Å². The van der Waals surface area contributed by atoms with Crippen LogP contribution >= 0.6 is 0 Å². The van der Waals surface area contributed by atoms with E-state index < -0.39 is 17.7 Å². The minimum Gasteiger partial charge on any atom is -0.191 e. The van der Waals surface area contributed by atoms with Crippen LogP contribution in [0.1, 0.15) is 16.7 Å². The van der Waals surface area contributed by atoms with E-state index in [1.165, 1.54) is 19.9 Å². The molecule has 1 aromatic carbocycles. The fourth-order valence-electron chi connectivity index (χ4n) is 1.32. The van der Waals surface area contributed by atoms with Crippen molar-refractivity contribution in [1.29, 1.82) is 0 Å². The highest BCUT2D eigenvalue weighted by Crippen LogP contribution is 2.44. The summed E-state index contributed by atoms with van der Waals surface area (Å²) in [6.07, 6.45) is -5.55. The molecule has 0 nitrogen and oxygen atoms in total. The van der Waals surface area contributed by atoms with Crippen molar-refractivity contribution < 1.29 is 22.0 Å². The molecule has 5 heteroatoms. The lowest BCUT2D eigenvalue weighted by Crippen LogP contribution is -2.33. The topological polar surface area (TPSA) is 0 Å². The summed E-state index contributed by atoms with van der Waals surface area (Å²) in [5, 5.41) is 0. The monoisotopic (exact) mass is 224 g/mol. The van der Waals surface area contributed by atoms with Gasteiger partial charge >= 0.3 is 12.1 Å². The van der Waals surface area contributed by atoms with Crippen molar-refractivity contribution in [3.63, 3.8) is 0 Å². The average molecular weight is 224 g/mol. The lowest BCUT2D eigenvalue weighted by molar-refractivity contribution is -0.289. The molecule has 15 heavy (non-hydrogen) atoms. The van der Waals surface area contributed by atoms with Gasteiger partial charge in [0.2, 0.25) is 0 Å². The van der Waals surface area contributed by atoms with Gasteiger partial charge in [-0.1, -0.05) is 17.2 Å². The van der Waals surface area contributed by atoms with Gasteiger partial charge in [-0.2, -0.15) is 22.0 Å². The molecule has 0 saturated carbocycles. The zero-order valence-electron chi connectivity index (χ0n) is 8.12. The molecule has 0 N–H and O–H groups in total. The predicted molar refractivity (Wildman–Crippen MR) is 45.9 cm³/mol. The van der Waals surface area contributed by atoms with Crippen molar-refractivity contribution >= 4 is 0 Å². The molecule has 1 aromatic rings. The van der Waals surface area contributed by atoms with E-state index in [-0.39, 0.29) is 0 Å². The van der Waals surface area contributed by atoms with Crippen molar-refractivity contribution in [2.24, 2.45) is 0 Å². The number of rotatable bonds is 1. The molecule has 0 heterocycles. The van der Waals surface area contributed by atoms with Gasteiger partial charge in [0.05, 0.1) is 0 Å². The number of hydrogen-bond donors (Lipinski definition) is 0. The first-order valence-corrected chi connectivity index (χ1v) is 4.18. The highest BCUT2D eigenvalue weighted by atomic mass is 19.4. The number of hydrogen-bond acceptors (Lipinski definition) is 0. The Hall–Kier alpha value is -1.13. The Morgan fingerprint density at radius 2 is 1.20 bits per heavy atom. The SMILES string of the molecule is Cc1cc(C)cc(C(F)(F)C(F)(F)F)c1. The van der Waals surface area contributed by atoms with Crippen molar-refractivity contribution in [1.82, 2.24) is 0 Å². The largest absolute Gasteiger partial charge is 0.458 e. The highest BCUT2D eigenvalue weighted by Gasteiger charge is 2.58. The number of aryl methyl sites for hydroxylation is 2. The first-order valence-electron chi connectivity index (χ1n) is 4.18. The molecule has 0 fully saturated rings. The fourth-order valence-corrected chi connectivity index (χ4v) is 1.32. The summed E-state index contributed by atoms with van der Waals surface area (Å²) in [5.41, 5.74) is -0.240. The van der Waals surface area contributed by atoms with Crippen molar-refractivity contribution in [2.75, 3.05) is 0 Å². The lowest BCUT2D eigenvalue weighted by atomic mass is 10.0. The maximum atomic E-state index is 12.9. The van der Waals surface area contributed by atoms with Gasteiger partial charge < -0.3 is 0 Å². The second kappa shape index (κ2) is 3.47. The molecule has 0 radical (unpaired) electrons. The second-order valence-corrected chi connectivity index (χ2v) is 3.45. The Morgan fingerprint density at radius 1 is 0.800 bits per heavy atom. The van der Waals surface area contributed by atoms with Crippen molar-refractivity contribution in [3.05, 3.63) is 34.9 Å². The molecule has 0 aliphatic carbocycles. The minimum absolute atomic E-state index is 0.383. The van der Waals surface area contributed by atoms with Gasteiger partial charge in [-0.05, 0) is 26.0 Å². The van der Waals surface area contributed by atoms with E-state index in [0.717, 1.165) is 12.1 Å². The molecule has 1 rings (SSSR count). The molecule has 0 saturated heterocycles. The summed E-state index contributed by atoms with van der Waals surface area (Å²) in [7, 11) is 0.